The van der Waals surface area contributed by atoms with Gasteiger partial charge in [0.15, 0.2) is 0 Å². The second kappa shape index (κ2) is 12.5. The average Bonchev–Trinajstić information content (AvgIpc) is 2.85. The molecule has 1 atom stereocenters. The fraction of sp³-hybridized carbons (Fsp3) is 0.423. The first-order valence-corrected chi connectivity index (χ1v) is 12.3. The van der Waals surface area contributed by atoms with Gasteiger partial charge < -0.3 is 14.5 Å². The molecule has 0 aromatic heterocycles. The van der Waals surface area contributed by atoms with Crippen molar-refractivity contribution >= 4 is 33.7 Å². The topological polar surface area (TPSA) is 66.9 Å². The molecule has 0 aliphatic carbocycles. The Kier molecular flexibility index (Phi) is 9.48. The summed E-state index contributed by atoms with van der Waals surface area (Å²) in [6.45, 7) is 4.02. The molecular formula is C26H31BrN2O4. The maximum Gasteiger partial charge on any atom is 0.310 e. The first kappa shape index (κ1) is 25.0. The molecule has 2 aromatic carbocycles. The van der Waals surface area contributed by atoms with Crippen LogP contribution in [0.1, 0.15) is 42.1 Å². The minimum absolute atomic E-state index is 0.0303. The van der Waals surface area contributed by atoms with E-state index in [0.717, 1.165) is 22.9 Å². The standard InChI is InChI=1S/C26H31BrN2O4/c1-2-33-26(32)22-9-6-16-29(19-22)24(30)15-18-28(17-14-20-7-4-3-5-8-20)25(31)21-10-12-23(27)13-11-21/h3-5,7-8,10-13,22H,2,6,9,14-19H2,1H3. The van der Waals surface area contributed by atoms with Crippen LogP contribution in [0.4, 0.5) is 0 Å². The summed E-state index contributed by atoms with van der Waals surface area (Å²) in [5.74, 6) is -0.613. The van der Waals surface area contributed by atoms with Crippen molar-refractivity contribution in [2.45, 2.75) is 32.6 Å². The number of carbonyl (C=O) groups excluding carboxylic acids is 3. The van der Waals surface area contributed by atoms with Gasteiger partial charge >= 0.3 is 5.97 Å². The summed E-state index contributed by atoms with van der Waals surface area (Å²) < 4.78 is 6.05. The highest BCUT2D eigenvalue weighted by atomic mass is 79.9. The van der Waals surface area contributed by atoms with Crippen LogP contribution < -0.4 is 0 Å². The summed E-state index contributed by atoms with van der Waals surface area (Å²) in [5, 5.41) is 0. The Hall–Kier alpha value is -2.67. The first-order chi connectivity index (χ1) is 16.0. The van der Waals surface area contributed by atoms with E-state index in [4.69, 9.17) is 4.74 Å². The number of hydrogen-bond donors (Lipinski definition) is 0. The number of amides is 2. The van der Waals surface area contributed by atoms with Crippen LogP contribution in [0, 0.1) is 5.92 Å². The molecule has 1 unspecified atom stereocenters. The molecule has 0 radical (unpaired) electrons. The number of ether oxygens (including phenoxy) is 1. The number of carbonyl (C=O) groups is 3. The molecule has 1 fully saturated rings. The second-order valence-electron chi connectivity index (χ2n) is 8.22. The maximum atomic E-state index is 13.2. The van der Waals surface area contributed by atoms with Crippen LogP contribution in [-0.2, 0) is 20.7 Å². The lowest BCUT2D eigenvalue weighted by Gasteiger charge is -2.32. The van der Waals surface area contributed by atoms with Crippen LogP contribution in [0.2, 0.25) is 0 Å². The van der Waals surface area contributed by atoms with Crippen LogP contribution >= 0.6 is 15.9 Å². The van der Waals surface area contributed by atoms with Crippen molar-refractivity contribution in [3.8, 4) is 0 Å². The van der Waals surface area contributed by atoms with Gasteiger partial charge in [0, 0.05) is 42.6 Å². The van der Waals surface area contributed by atoms with Crippen molar-refractivity contribution in [2.75, 3.05) is 32.8 Å². The van der Waals surface area contributed by atoms with Gasteiger partial charge in [0.05, 0.1) is 12.5 Å². The molecule has 1 heterocycles. The van der Waals surface area contributed by atoms with Crippen LogP contribution in [0.25, 0.3) is 0 Å². The minimum atomic E-state index is -0.263. The summed E-state index contributed by atoms with van der Waals surface area (Å²) in [5.41, 5.74) is 1.74. The SMILES string of the molecule is CCOC(=O)C1CCCN(C(=O)CCN(CCc2ccccc2)C(=O)c2ccc(Br)cc2)C1. The number of esters is 1. The zero-order valence-electron chi connectivity index (χ0n) is 19.0. The largest absolute Gasteiger partial charge is 0.466 e. The molecule has 1 aliphatic heterocycles. The number of likely N-dealkylation sites (tertiary alicyclic amines) is 1. The highest BCUT2D eigenvalue weighted by Crippen LogP contribution is 2.19. The van der Waals surface area contributed by atoms with E-state index < -0.39 is 0 Å². The molecule has 1 saturated heterocycles. The van der Waals surface area contributed by atoms with E-state index >= 15 is 0 Å². The Balaban J connectivity index is 1.63. The third kappa shape index (κ3) is 7.42. The van der Waals surface area contributed by atoms with Gasteiger partial charge in [-0.2, -0.15) is 0 Å². The molecule has 0 N–H and O–H groups in total. The van der Waals surface area contributed by atoms with Gasteiger partial charge in [-0.3, -0.25) is 14.4 Å². The normalized spacial score (nSPS) is 15.7. The van der Waals surface area contributed by atoms with Crippen molar-refractivity contribution in [2.24, 2.45) is 5.92 Å². The third-order valence-corrected chi connectivity index (χ3v) is 6.41. The summed E-state index contributed by atoms with van der Waals surface area (Å²) in [7, 11) is 0. The van der Waals surface area contributed by atoms with Crippen LogP contribution in [-0.4, -0.2) is 60.4 Å². The number of nitrogens with zero attached hydrogens (tertiary/aromatic N) is 2. The molecule has 0 saturated carbocycles. The van der Waals surface area contributed by atoms with E-state index in [1.54, 1.807) is 28.9 Å². The van der Waals surface area contributed by atoms with E-state index in [2.05, 4.69) is 15.9 Å². The van der Waals surface area contributed by atoms with Crippen molar-refractivity contribution in [3.05, 3.63) is 70.2 Å². The molecule has 3 rings (SSSR count). The van der Waals surface area contributed by atoms with Gasteiger partial charge in [-0.1, -0.05) is 46.3 Å². The number of piperidine rings is 1. The molecule has 0 bridgehead atoms. The molecular weight excluding hydrogens is 484 g/mol. The summed E-state index contributed by atoms with van der Waals surface area (Å²) in [4.78, 5) is 41.7. The summed E-state index contributed by atoms with van der Waals surface area (Å²) in [6.07, 6.45) is 2.47. The smallest absolute Gasteiger partial charge is 0.310 e. The van der Waals surface area contributed by atoms with Gasteiger partial charge in [-0.25, -0.2) is 0 Å². The summed E-state index contributed by atoms with van der Waals surface area (Å²) in [6, 6.07) is 17.3. The van der Waals surface area contributed by atoms with Gasteiger partial charge in [0.25, 0.3) is 5.91 Å². The van der Waals surface area contributed by atoms with Crippen LogP contribution in [0.3, 0.4) is 0 Å². The van der Waals surface area contributed by atoms with Crippen molar-refractivity contribution in [3.63, 3.8) is 0 Å². The minimum Gasteiger partial charge on any atom is -0.466 e. The fourth-order valence-corrected chi connectivity index (χ4v) is 4.31. The lowest BCUT2D eigenvalue weighted by atomic mass is 9.98. The van der Waals surface area contributed by atoms with E-state index in [1.165, 1.54) is 0 Å². The first-order valence-electron chi connectivity index (χ1n) is 11.5. The Morgan fingerprint density at radius 2 is 1.79 bits per heavy atom. The molecule has 33 heavy (non-hydrogen) atoms. The number of benzene rings is 2. The number of rotatable bonds is 9. The number of halogens is 1. The molecule has 7 heteroatoms. The molecule has 0 spiro atoms. The van der Waals surface area contributed by atoms with Crippen molar-refractivity contribution in [1.29, 1.82) is 0 Å². The van der Waals surface area contributed by atoms with E-state index in [0.29, 0.717) is 44.8 Å². The molecule has 2 amide bonds. The van der Waals surface area contributed by atoms with Crippen LogP contribution in [0.15, 0.2) is 59.1 Å². The molecule has 176 valence electrons. The highest BCUT2D eigenvalue weighted by molar-refractivity contribution is 9.10. The van der Waals surface area contributed by atoms with E-state index in [1.807, 2.05) is 42.5 Å². The van der Waals surface area contributed by atoms with Gasteiger partial charge in [0.2, 0.25) is 5.91 Å². The van der Waals surface area contributed by atoms with Crippen LogP contribution in [0.5, 0.6) is 0 Å². The molecule has 1 aliphatic rings. The fourth-order valence-electron chi connectivity index (χ4n) is 4.04. The lowest BCUT2D eigenvalue weighted by Crippen LogP contribution is -2.44. The van der Waals surface area contributed by atoms with E-state index in [-0.39, 0.29) is 30.1 Å². The highest BCUT2D eigenvalue weighted by Gasteiger charge is 2.29. The zero-order valence-corrected chi connectivity index (χ0v) is 20.6. The molecule has 2 aromatic rings. The lowest BCUT2D eigenvalue weighted by molar-refractivity contribution is -0.151. The second-order valence-corrected chi connectivity index (χ2v) is 9.13. The Bertz CT molecular complexity index is 933. The predicted molar refractivity (Wildman–Crippen MR) is 131 cm³/mol. The van der Waals surface area contributed by atoms with Gasteiger partial charge in [-0.05, 0) is 56.0 Å². The number of hydrogen-bond acceptors (Lipinski definition) is 4. The Morgan fingerprint density at radius 1 is 1.06 bits per heavy atom. The Morgan fingerprint density at radius 3 is 2.48 bits per heavy atom. The predicted octanol–water partition coefficient (Wildman–Crippen LogP) is 4.33. The maximum absolute atomic E-state index is 13.2. The van der Waals surface area contributed by atoms with Crippen molar-refractivity contribution in [1.82, 2.24) is 9.80 Å². The van der Waals surface area contributed by atoms with Gasteiger partial charge in [0.1, 0.15) is 0 Å². The quantitative estimate of drug-likeness (QED) is 0.467. The molecule has 6 nitrogen and oxygen atoms in total. The Labute approximate surface area is 204 Å². The van der Waals surface area contributed by atoms with Crippen molar-refractivity contribution < 1.29 is 19.1 Å². The average molecular weight is 515 g/mol. The van der Waals surface area contributed by atoms with Gasteiger partial charge in [-0.15, -0.1) is 0 Å². The zero-order chi connectivity index (χ0) is 23.6. The van der Waals surface area contributed by atoms with E-state index in [9.17, 15) is 14.4 Å². The third-order valence-electron chi connectivity index (χ3n) is 5.88. The monoisotopic (exact) mass is 514 g/mol. The summed E-state index contributed by atoms with van der Waals surface area (Å²) >= 11 is 3.40.